The molecule has 0 aliphatic rings. The molecule has 5 aromatic rings. The van der Waals surface area contributed by atoms with Crippen LogP contribution in [0.3, 0.4) is 0 Å². The van der Waals surface area contributed by atoms with Gasteiger partial charge in [0.2, 0.25) is 0 Å². The number of rotatable bonds is 8. The molecule has 0 atom stereocenters. The first-order chi connectivity index (χ1) is 21.1. The zero-order chi connectivity index (χ0) is 31.9. The van der Waals surface area contributed by atoms with Gasteiger partial charge in [-0.3, -0.25) is 4.90 Å². The zero-order valence-electron chi connectivity index (χ0n) is 27.6. The quantitative estimate of drug-likeness (QED) is 0.166. The van der Waals surface area contributed by atoms with Gasteiger partial charge >= 0.3 is 26.2 Å². The van der Waals surface area contributed by atoms with Crippen molar-refractivity contribution in [2.24, 2.45) is 0 Å². The second kappa shape index (κ2) is 19.6. The second-order valence-electron chi connectivity index (χ2n) is 11.4. The van der Waals surface area contributed by atoms with Gasteiger partial charge < -0.3 is 10.4 Å². The largest absolute Gasteiger partial charge is 4.00 e. The number of phenolic OH excluding ortho intramolecular Hbond substituents is 1. The molecule has 0 aliphatic heterocycles. The Morgan fingerprint density at radius 3 is 1.51 bits per heavy atom. The smallest absolute Gasteiger partial charge is 0.683 e. The van der Waals surface area contributed by atoms with Crippen molar-refractivity contribution >= 4 is 5.69 Å². The van der Waals surface area contributed by atoms with E-state index in [0.717, 1.165) is 47.6 Å². The number of aromatic hydroxyl groups is 1. The topological polar surface area (TPSA) is 37.6 Å². The molecule has 45 heavy (non-hydrogen) atoms. The molecule has 0 aliphatic carbocycles. The molecule has 0 aromatic heterocycles. The van der Waals surface area contributed by atoms with E-state index in [0.29, 0.717) is 12.3 Å². The minimum atomic E-state index is 0. The fraction of sp³-hybridized carbons (Fsp3) is 0.220. The van der Waals surface area contributed by atoms with Gasteiger partial charge in [0, 0.05) is 18.7 Å². The molecule has 0 spiro atoms. The number of hydrogen-bond donors (Lipinski definition) is 1. The Hall–Kier alpha value is -3.72. The Kier molecular flexibility index (Phi) is 16.3. The maximum absolute atomic E-state index is 10.6. The third kappa shape index (κ3) is 13.4. The van der Waals surface area contributed by atoms with Crippen LogP contribution in [0.4, 0.5) is 5.69 Å². The molecule has 3 nitrogen and oxygen atoms in total. The summed E-state index contributed by atoms with van der Waals surface area (Å²) in [4.78, 5) is 2.37. The van der Waals surface area contributed by atoms with Gasteiger partial charge in [0.25, 0.3) is 0 Å². The van der Waals surface area contributed by atoms with Gasteiger partial charge in [0.1, 0.15) is 5.75 Å². The Balaban J connectivity index is 0.000000384. The molecule has 5 rings (SSSR count). The van der Waals surface area contributed by atoms with E-state index in [9.17, 15) is 5.11 Å². The van der Waals surface area contributed by atoms with E-state index < -0.39 is 0 Å². The van der Waals surface area contributed by atoms with Crippen LogP contribution in [-0.2, 0) is 39.3 Å². The summed E-state index contributed by atoms with van der Waals surface area (Å²) in [5, 5.41) is 15.5. The van der Waals surface area contributed by atoms with Crippen molar-refractivity contribution in [1.29, 1.82) is 0 Å². The second-order valence-corrected chi connectivity index (χ2v) is 11.4. The van der Waals surface area contributed by atoms with Crippen molar-refractivity contribution in [3.8, 4) is 5.75 Å². The molecule has 0 unspecified atom stereocenters. The van der Waals surface area contributed by atoms with E-state index in [-0.39, 0.29) is 26.2 Å². The number of benzene rings is 5. The summed E-state index contributed by atoms with van der Waals surface area (Å²) < 4.78 is 0. The first kappa shape index (κ1) is 37.5. The summed E-state index contributed by atoms with van der Waals surface area (Å²) in [6.45, 7) is 21.0. The van der Waals surface area contributed by atoms with Crippen LogP contribution >= 0.6 is 0 Å². The SMILES string of the molecule is Cc1cc(C)c([N-]CCN(Cc2ccccc2)Cc2cc(C)cc(C)c2O)c(C)c1.[CH2-]c1ccccc1.[CH2-]c1ccccc1.[Zr+4]. The van der Waals surface area contributed by atoms with Gasteiger partial charge in [-0.25, -0.2) is 0 Å². The van der Waals surface area contributed by atoms with Crippen LogP contribution in [0, 0.1) is 48.5 Å². The number of hydrogen-bond acceptors (Lipinski definition) is 2. The van der Waals surface area contributed by atoms with Gasteiger partial charge in [-0.2, -0.15) is 49.2 Å². The van der Waals surface area contributed by atoms with Crippen molar-refractivity contribution in [2.75, 3.05) is 13.1 Å². The third-order valence-corrected chi connectivity index (χ3v) is 7.17. The summed E-state index contributed by atoms with van der Waals surface area (Å²) in [7, 11) is 0. The summed E-state index contributed by atoms with van der Waals surface area (Å²) >= 11 is 0. The maximum Gasteiger partial charge on any atom is 4.00 e. The molecule has 0 fully saturated rings. The minimum Gasteiger partial charge on any atom is -0.683 e. The molecule has 0 bridgehead atoms. The normalized spacial score (nSPS) is 10.1. The standard InChI is InChI=1S/C27H33N2O.2C7H7.Zr/c1-19-13-21(3)26(22(4)14-19)28-11-12-29(17-24-9-7-6-8-10-24)18-25-16-20(2)15-23(5)27(25)30;2*1-7-5-3-2-4-6-7;/h6-10,13-16,30H,11-12,17-18H2,1-5H3;2*2-6H,1H2;/q3*-1;+4. The molecular formula is C41H47N2OZr+. The maximum atomic E-state index is 10.6. The molecule has 0 amide bonds. The van der Waals surface area contributed by atoms with E-state index in [1.165, 1.54) is 27.8 Å². The summed E-state index contributed by atoms with van der Waals surface area (Å²) in [5.41, 5.74) is 11.3. The number of nitrogens with zero attached hydrogens (tertiary/aromatic N) is 2. The molecular weight excluding hydrogens is 628 g/mol. The fourth-order valence-electron chi connectivity index (χ4n) is 5.15. The van der Waals surface area contributed by atoms with Crippen LogP contribution in [-0.4, -0.2) is 23.1 Å². The minimum absolute atomic E-state index is 0. The van der Waals surface area contributed by atoms with Crippen molar-refractivity contribution in [1.82, 2.24) is 4.90 Å². The molecule has 4 heteroatoms. The van der Waals surface area contributed by atoms with Crippen molar-refractivity contribution in [3.05, 3.63) is 184 Å². The monoisotopic (exact) mass is 673 g/mol. The Morgan fingerprint density at radius 1 is 0.600 bits per heavy atom. The van der Waals surface area contributed by atoms with E-state index >= 15 is 0 Å². The van der Waals surface area contributed by atoms with Crippen LogP contribution in [0.1, 0.15) is 50.1 Å². The molecule has 0 saturated carbocycles. The molecule has 230 valence electrons. The molecule has 0 saturated heterocycles. The number of aryl methyl sites for hydroxylation is 5. The van der Waals surface area contributed by atoms with Gasteiger partial charge in [-0.1, -0.05) is 89.0 Å². The van der Waals surface area contributed by atoms with E-state index in [1.54, 1.807) is 0 Å². The van der Waals surface area contributed by atoms with Gasteiger partial charge in [-0.05, 0) is 52.3 Å². The van der Waals surface area contributed by atoms with Gasteiger partial charge in [0.15, 0.2) is 0 Å². The summed E-state index contributed by atoms with van der Waals surface area (Å²) in [6.07, 6.45) is 0. The molecule has 5 aromatic carbocycles. The number of phenols is 1. The summed E-state index contributed by atoms with van der Waals surface area (Å²) in [6, 6.07) is 38.8. The summed E-state index contributed by atoms with van der Waals surface area (Å²) in [5.74, 6) is 0.404. The van der Waals surface area contributed by atoms with Crippen molar-refractivity contribution in [2.45, 2.75) is 47.7 Å². The van der Waals surface area contributed by atoms with E-state index in [1.807, 2.05) is 79.7 Å². The average molecular weight is 675 g/mol. The van der Waals surface area contributed by atoms with Gasteiger partial charge in [0.05, 0.1) is 0 Å². The first-order valence-electron chi connectivity index (χ1n) is 15.2. The van der Waals surface area contributed by atoms with Crippen LogP contribution in [0.2, 0.25) is 0 Å². The molecule has 0 heterocycles. The van der Waals surface area contributed by atoms with Crippen LogP contribution in [0.25, 0.3) is 5.32 Å². The fourth-order valence-corrected chi connectivity index (χ4v) is 5.15. The van der Waals surface area contributed by atoms with E-state index in [4.69, 9.17) is 5.32 Å². The zero-order valence-corrected chi connectivity index (χ0v) is 30.0. The molecule has 0 radical (unpaired) electrons. The third-order valence-electron chi connectivity index (χ3n) is 7.17. The molecule has 1 N–H and O–H groups in total. The predicted molar refractivity (Wildman–Crippen MR) is 188 cm³/mol. The van der Waals surface area contributed by atoms with Crippen molar-refractivity contribution in [3.63, 3.8) is 0 Å². The average Bonchev–Trinajstić information content (AvgIpc) is 2.99. The van der Waals surface area contributed by atoms with Crippen LogP contribution < -0.4 is 0 Å². The van der Waals surface area contributed by atoms with Gasteiger partial charge in [-0.15, -0.1) is 36.5 Å². The van der Waals surface area contributed by atoms with E-state index in [2.05, 4.69) is 88.9 Å². The Bertz CT molecular complexity index is 1490. The first-order valence-corrected chi connectivity index (χ1v) is 15.2. The van der Waals surface area contributed by atoms with Crippen molar-refractivity contribution < 1.29 is 31.3 Å². The Morgan fingerprint density at radius 2 is 1.04 bits per heavy atom. The Labute approximate surface area is 291 Å². The predicted octanol–water partition coefficient (Wildman–Crippen LogP) is 10.4. The van der Waals surface area contributed by atoms with Crippen LogP contribution in [0.5, 0.6) is 5.75 Å². The van der Waals surface area contributed by atoms with Crippen LogP contribution in [0.15, 0.2) is 115 Å².